The van der Waals surface area contributed by atoms with Gasteiger partial charge in [-0.3, -0.25) is 4.79 Å². The Labute approximate surface area is 141 Å². The molecule has 0 fully saturated rings. The van der Waals surface area contributed by atoms with Crippen LogP contribution in [0.25, 0.3) is 0 Å². The number of aromatic nitrogens is 2. The van der Waals surface area contributed by atoms with E-state index in [-0.39, 0.29) is 11.5 Å². The summed E-state index contributed by atoms with van der Waals surface area (Å²) in [5.74, 6) is 0.219. The highest BCUT2D eigenvalue weighted by Gasteiger charge is 2.42. The molecule has 128 valence electrons. The second kappa shape index (κ2) is 5.17. The van der Waals surface area contributed by atoms with E-state index in [1.54, 1.807) is 26.1 Å². The van der Waals surface area contributed by atoms with Gasteiger partial charge in [0.05, 0.1) is 24.0 Å². The highest BCUT2D eigenvalue weighted by atomic mass is 32.2. The van der Waals surface area contributed by atoms with Gasteiger partial charge in [-0.2, -0.15) is 5.10 Å². The molecule has 24 heavy (non-hydrogen) atoms. The van der Waals surface area contributed by atoms with Crippen molar-refractivity contribution in [2.24, 2.45) is 7.05 Å². The van der Waals surface area contributed by atoms with Gasteiger partial charge >= 0.3 is 0 Å². The maximum atomic E-state index is 12.9. The molecule has 0 atom stereocenters. The standard InChI is InChI=1S/C17H20N2O4S/c1-10-11(15(20)12-8-18-19(4)16(12)23-5)6-7-13-14(10)17(2,3)9-24(13,21)22/h6-8H,9H2,1-5H3. The minimum absolute atomic E-state index is 0.0596. The van der Waals surface area contributed by atoms with E-state index in [4.69, 9.17) is 4.74 Å². The van der Waals surface area contributed by atoms with Gasteiger partial charge in [-0.25, -0.2) is 13.1 Å². The quantitative estimate of drug-likeness (QED) is 0.793. The zero-order valence-electron chi connectivity index (χ0n) is 14.4. The number of methoxy groups -OCH3 is 1. The third kappa shape index (κ3) is 2.26. The lowest BCUT2D eigenvalue weighted by atomic mass is 9.81. The van der Waals surface area contributed by atoms with Crippen molar-refractivity contribution in [3.05, 3.63) is 40.6 Å². The summed E-state index contributed by atoms with van der Waals surface area (Å²) >= 11 is 0. The van der Waals surface area contributed by atoms with E-state index in [1.807, 2.05) is 13.8 Å². The molecule has 1 aromatic heterocycles. The number of aryl methyl sites for hydroxylation is 1. The van der Waals surface area contributed by atoms with Crippen LogP contribution >= 0.6 is 0 Å². The summed E-state index contributed by atoms with van der Waals surface area (Å²) in [6, 6.07) is 3.13. The van der Waals surface area contributed by atoms with Crippen LogP contribution in [0.1, 0.15) is 40.9 Å². The average Bonchev–Trinajstić information content (AvgIpc) is 2.93. The molecule has 1 aliphatic rings. The molecule has 0 bridgehead atoms. The predicted molar refractivity (Wildman–Crippen MR) is 89.5 cm³/mol. The van der Waals surface area contributed by atoms with Gasteiger partial charge in [0.15, 0.2) is 15.6 Å². The Morgan fingerprint density at radius 2 is 1.96 bits per heavy atom. The molecule has 0 aliphatic carbocycles. The van der Waals surface area contributed by atoms with Gasteiger partial charge in [0.1, 0.15) is 5.56 Å². The Kier molecular flexibility index (Phi) is 3.60. The molecule has 1 aliphatic heterocycles. The number of carbonyl (C=O) groups excluding carboxylic acids is 1. The lowest BCUT2D eigenvalue weighted by Crippen LogP contribution is -2.21. The van der Waals surface area contributed by atoms with Crippen LogP contribution in [0.5, 0.6) is 5.88 Å². The highest BCUT2D eigenvalue weighted by molar-refractivity contribution is 7.91. The number of carbonyl (C=O) groups is 1. The second-order valence-corrected chi connectivity index (χ2v) is 8.73. The van der Waals surface area contributed by atoms with E-state index in [0.717, 1.165) is 5.56 Å². The number of fused-ring (bicyclic) bond motifs is 1. The molecule has 3 rings (SSSR count). The van der Waals surface area contributed by atoms with Gasteiger partial charge in [0.25, 0.3) is 0 Å². The number of ketones is 1. The fourth-order valence-electron chi connectivity index (χ4n) is 3.63. The Morgan fingerprint density at radius 3 is 2.58 bits per heavy atom. The molecule has 0 N–H and O–H groups in total. The van der Waals surface area contributed by atoms with Crippen molar-refractivity contribution >= 4 is 15.6 Å². The van der Waals surface area contributed by atoms with Crippen molar-refractivity contribution in [1.29, 1.82) is 0 Å². The summed E-state index contributed by atoms with van der Waals surface area (Å²) in [6.45, 7) is 5.59. The fraction of sp³-hybridized carbons (Fsp3) is 0.412. The summed E-state index contributed by atoms with van der Waals surface area (Å²) in [7, 11) is -0.124. The van der Waals surface area contributed by atoms with Gasteiger partial charge in [0, 0.05) is 18.0 Å². The molecule has 2 aromatic rings. The molecule has 0 radical (unpaired) electrons. The van der Waals surface area contributed by atoms with Gasteiger partial charge < -0.3 is 4.74 Å². The number of rotatable bonds is 3. The molecule has 0 saturated carbocycles. The van der Waals surface area contributed by atoms with Crippen LogP contribution in [0.2, 0.25) is 0 Å². The molecule has 0 amide bonds. The molecule has 0 spiro atoms. The van der Waals surface area contributed by atoms with Crippen molar-refractivity contribution in [2.45, 2.75) is 31.1 Å². The van der Waals surface area contributed by atoms with Gasteiger partial charge in [-0.15, -0.1) is 0 Å². The molecule has 2 heterocycles. The van der Waals surface area contributed by atoms with E-state index in [2.05, 4.69) is 5.10 Å². The van der Waals surface area contributed by atoms with E-state index >= 15 is 0 Å². The summed E-state index contributed by atoms with van der Waals surface area (Å²) < 4.78 is 31.5. The zero-order valence-corrected chi connectivity index (χ0v) is 15.2. The van der Waals surface area contributed by atoms with Crippen molar-refractivity contribution in [3.63, 3.8) is 0 Å². The Morgan fingerprint density at radius 1 is 1.29 bits per heavy atom. The number of hydrogen-bond donors (Lipinski definition) is 0. The van der Waals surface area contributed by atoms with Crippen molar-refractivity contribution in [3.8, 4) is 5.88 Å². The average molecular weight is 348 g/mol. The van der Waals surface area contributed by atoms with Crippen molar-refractivity contribution in [1.82, 2.24) is 9.78 Å². The van der Waals surface area contributed by atoms with Crippen molar-refractivity contribution < 1.29 is 17.9 Å². The molecule has 1 aromatic carbocycles. The van der Waals surface area contributed by atoms with E-state index in [1.165, 1.54) is 18.0 Å². The van der Waals surface area contributed by atoms with E-state index in [0.29, 0.717) is 27.5 Å². The smallest absolute Gasteiger partial charge is 0.222 e. The first kappa shape index (κ1) is 16.7. The second-order valence-electron chi connectivity index (χ2n) is 6.77. The van der Waals surface area contributed by atoms with Gasteiger partial charge in [-0.1, -0.05) is 13.8 Å². The topological polar surface area (TPSA) is 78.3 Å². The third-order valence-electron chi connectivity index (χ3n) is 4.56. The lowest BCUT2D eigenvalue weighted by molar-refractivity contribution is 0.103. The Hall–Kier alpha value is -2.15. The third-order valence-corrected chi connectivity index (χ3v) is 6.67. The molecule has 6 nitrogen and oxygen atoms in total. The molecule has 7 heteroatoms. The Balaban J connectivity index is 2.20. The van der Waals surface area contributed by atoms with Crippen LogP contribution in [0.4, 0.5) is 0 Å². The minimum atomic E-state index is -3.30. The van der Waals surface area contributed by atoms with Crippen molar-refractivity contribution in [2.75, 3.05) is 12.9 Å². The van der Waals surface area contributed by atoms with E-state index in [9.17, 15) is 13.2 Å². The van der Waals surface area contributed by atoms with Crippen LogP contribution in [0.3, 0.4) is 0 Å². The summed E-state index contributed by atoms with van der Waals surface area (Å²) in [4.78, 5) is 13.3. The monoisotopic (exact) mass is 348 g/mol. The number of hydrogen-bond acceptors (Lipinski definition) is 5. The first-order valence-corrected chi connectivity index (χ1v) is 9.23. The zero-order chi connectivity index (χ0) is 17.9. The largest absolute Gasteiger partial charge is 0.481 e. The van der Waals surface area contributed by atoms with Gasteiger partial charge in [0.2, 0.25) is 5.88 Å². The van der Waals surface area contributed by atoms with Crippen LogP contribution < -0.4 is 4.74 Å². The number of sulfone groups is 1. The summed E-state index contributed by atoms with van der Waals surface area (Å²) in [6.07, 6.45) is 1.47. The maximum absolute atomic E-state index is 12.9. The molecule has 0 unspecified atom stereocenters. The van der Waals surface area contributed by atoms with Gasteiger partial charge in [-0.05, 0) is 30.2 Å². The Bertz CT molecular complexity index is 955. The first-order valence-electron chi connectivity index (χ1n) is 7.57. The van der Waals surface area contributed by atoms with Crippen LogP contribution in [-0.4, -0.2) is 36.8 Å². The number of ether oxygens (including phenoxy) is 1. The van der Waals surface area contributed by atoms with E-state index < -0.39 is 15.3 Å². The fourth-order valence-corrected chi connectivity index (χ4v) is 5.89. The first-order chi connectivity index (χ1) is 11.1. The minimum Gasteiger partial charge on any atom is -0.481 e. The summed E-state index contributed by atoms with van der Waals surface area (Å²) in [5, 5.41) is 4.06. The predicted octanol–water partition coefficient (Wildman–Crippen LogP) is 2.03. The molecular formula is C17H20N2O4S. The normalized spacial score (nSPS) is 17.5. The lowest BCUT2D eigenvalue weighted by Gasteiger charge is -2.20. The SMILES string of the molecule is COc1c(C(=O)c2ccc3c(c2C)C(C)(C)CS3(=O)=O)cnn1C. The molecule has 0 saturated heterocycles. The molecular weight excluding hydrogens is 328 g/mol. The highest BCUT2D eigenvalue weighted by Crippen LogP contribution is 2.42. The summed E-state index contributed by atoms with van der Waals surface area (Å²) in [5.41, 5.74) is 1.76. The number of benzene rings is 1. The maximum Gasteiger partial charge on any atom is 0.222 e. The van der Waals surface area contributed by atoms with Crippen LogP contribution in [-0.2, 0) is 22.3 Å². The van der Waals surface area contributed by atoms with Crippen LogP contribution in [0, 0.1) is 6.92 Å². The van der Waals surface area contributed by atoms with Crippen LogP contribution in [0.15, 0.2) is 23.2 Å². The number of nitrogens with zero attached hydrogens (tertiary/aromatic N) is 2.